The number of halogens is 1. The SMILES string of the molecule is CCCCCCCCOc1cccc(Cl)c1OCCCCCCCC. The van der Waals surface area contributed by atoms with Gasteiger partial charge in [-0.1, -0.05) is 95.7 Å². The third-order valence-corrected chi connectivity index (χ3v) is 4.73. The lowest BCUT2D eigenvalue weighted by atomic mass is 10.1. The minimum Gasteiger partial charge on any atom is -0.490 e. The highest BCUT2D eigenvalue weighted by molar-refractivity contribution is 6.32. The summed E-state index contributed by atoms with van der Waals surface area (Å²) in [6.07, 6.45) is 15.1. The summed E-state index contributed by atoms with van der Waals surface area (Å²) >= 11 is 6.30. The fourth-order valence-electron chi connectivity index (χ4n) is 2.86. The fraction of sp³-hybridized carbons (Fsp3) is 0.727. The summed E-state index contributed by atoms with van der Waals surface area (Å²) in [6.45, 7) is 5.94. The van der Waals surface area contributed by atoms with Crippen molar-refractivity contribution >= 4 is 11.6 Å². The van der Waals surface area contributed by atoms with E-state index >= 15 is 0 Å². The zero-order valence-electron chi connectivity index (χ0n) is 16.3. The van der Waals surface area contributed by atoms with Crippen LogP contribution in [0.25, 0.3) is 0 Å². The Hall–Kier alpha value is -0.890. The Bertz CT molecular complexity index is 434. The predicted octanol–water partition coefficient (Wildman–Crippen LogP) is 7.82. The minimum atomic E-state index is 0.645. The smallest absolute Gasteiger partial charge is 0.179 e. The number of hydrogen-bond acceptors (Lipinski definition) is 2. The lowest BCUT2D eigenvalue weighted by molar-refractivity contribution is 0.258. The molecule has 0 N–H and O–H groups in total. The number of hydrogen-bond donors (Lipinski definition) is 0. The average molecular weight is 369 g/mol. The molecule has 1 aromatic carbocycles. The fourth-order valence-corrected chi connectivity index (χ4v) is 3.08. The second-order valence-electron chi connectivity index (χ2n) is 6.80. The molecular formula is C22H37ClO2. The Morgan fingerprint density at radius 3 is 1.80 bits per heavy atom. The Balaban J connectivity index is 2.26. The van der Waals surface area contributed by atoms with Gasteiger partial charge in [-0.15, -0.1) is 0 Å². The van der Waals surface area contributed by atoms with E-state index in [1.807, 2.05) is 18.2 Å². The standard InChI is InChI=1S/C22H37ClO2/c1-3-5-7-9-11-13-18-24-21-17-15-16-20(23)22(21)25-19-14-12-10-8-6-4-2/h15-17H,3-14,18-19H2,1-2H3. The van der Waals surface area contributed by atoms with E-state index in [0.717, 1.165) is 25.2 Å². The molecule has 0 aromatic heterocycles. The maximum Gasteiger partial charge on any atom is 0.179 e. The Morgan fingerprint density at radius 1 is 0.680 bits per heavy atom. The molecule has 0 fully saturated rings. The van der Waals surface area contributed by atoms with E-state index in [1.54, 1.807) is 0 Å². The number of rotatable bonds is 16. The van der Waals surface area contributed by atoms with E-state index in [-0.39, 0.29) is 0 Å². The highest BCUT2D eigenvalue weighted by Gasteiger charge is 2.09. The summed E-state index contributed by atoms with van der Waals surface area (Å²) in [5, 5.41) is 0.645. The molecule has 0 spiro atoms. The first-order valence-corrected chi connectivity index (χ1v) is 10.7. The molecule has 144 valence electrons. The van der Waals surface area contributed by atoms with Gasteiger partial charge in [-0.05, 0) is 25.0 Å². The molecule has 0 amide bonds. The largest absolute Gasteiger partial charge is 0.490 e. The molecule has 0 saturated carbocycles. The summed E-state index contributed by atoms with van der Waals surface area (Å²) in [5.74, 6) is 1.50. The molecule has 0 aliphatic heterocycles. The Morgan fingerprint density at radius 2 is 1.20 bits per heavy atom. The van der Waals surface area contributed by atoms with Gasteiger partial charge in [0.1, 0.15) is 0 Å². The average Bonchev–Trinajstić information content (AvgIpc) is 2.62. The Labute approximate surface area is 160 Å². The number of benzene rings is 1. The molecule has 0 atom stereocenters. The van der Waals surface area contributed by atoms with Crippen molar-refractivity contribution in [1.82, 2.24) is 0 Å². The van der Waals surface area contributed by atoms with Crippen LogP contribution in [0, 0.1) is 0 Å². The molecule has 0 aliphatic carbocycles. The predicted molar refractivity (Wildman–Crippen MR) is 109 cm³/mol. The normalized spacial score (nSPS) is 10.8. The van der Waals surface area contributed by atoms with Crippen molar-refractivity contribution in [3.63, 3.8) is 0 Å². The van der Waals surface area contributed by atoms with Crippen LogP contribution in [0.2, 0.25) is 5.02 Å². The van der Waals surface area contributed by atoms with Crippen LogP contribution in [0.5, 0.6) is 11.5 Å². The number of ether oxygens (including phenoxy) is 2. The van der Waals surface area contributed by atoms with Crippen LogP contribution in [0.15, 0.2) is 18.2 Å². The molecule has 0 bridgehead atoms. The molecule has 0 heterocycles. The third-order valence-electron chi connectivity index (χ3n) is 4.43. The van der Waals surface area contributed by atoms with Crippen molar-refractivity contribution < 1.29 is 9.47 Å². The van der Waals surface area contributed by atoms with E-state index in [2.05, 4.69) is 13.8 Å². The summed E-state index contributed by atoms with van der Waals surface area (Å²) in [6, 6.07) is 5.76. The van der Waals surface area contributed by atoms with E-state index in [9.17, 15) is 0 Å². The van der Waals surface area contributed by atoms with Crippen molar-refractivity contribution in [2.24, 2.45) is 0 Å². The third kappa shape index (κ3) is 10.6. The van der Waals surface area contributed by atoms with E-state index < -0.39 is 0 Å². The first kappa shape index (κ1) is 22.2. The molecule has 2 nitrogen and oxygen atoms in total. The van der Waals surface area contributed by atoms with Gasteiger partial charge >= 0.3 is 0 Å². The first-order valence-electron chi connectivity index (χ1n) is 10.3. The van der Waals surface area contributed by atoms with Crippen LogP contribution in [0.4, 0.5) is 0 Å². The number of para-hydroxylation sites is 1. The van der Waals surface area contributed by atoms with Gasteiger partial charge in [0.2, 0.25) is 0 Å². The van der Waals surface area contributed by atoms with Gasteiger partial charge in [-0.3, -0.25) is 0 Å². The molecule has 3 heteroatoms. The molecule has 0 radical (unpaired) electrons. The van der Waals surface area contributed by atoms with Crippen LogP contribution < -0.4 is 9.47 Å². The van der Waals surface area contributed by atoms with Crippen LogP contribution in [-0.4, -0.2) is 13.2 Å². The summed E-state index contributed by atoms with van der Waals surface area (Å²) < 4.78 is 11.9. The van der Waals surface area contributed by atoms with Gasteiger partial charge < -0.3 is 9.47 Å². The Kier molecular flexibility index (Phi) is 13.6. The quantitative estimate of drug-likeness (QED) is 0.277. The van der Waals surface area contributed by atoms with Crippen molar-refractivity contribution in [2.45, 2.75) is 90.9 Å². The van der Waals surface area contributed by atoms with Crippen LogP contribution in [0.1, 0.15) is 90.9 Å². The first-order chi connectivity index (χ1) is 12.3. The topological polar surface area (TPSA) is 18.5 Å². The molecule has 0 aliphatic rings. The van der Waals surface area contributed by atoms with Gasteiger partial charge in [0.05, 0.1) is 18.2 Å². The van der Waals surface area contributed by atoms with E-state index in [0.29, 0.717) is 17.4 Å². The van der Waals surface area contributed by atoms with Gasteiger partial charge in [0.15, 0.2) is 11.5 Å². The van der Waals surface area contributed by atoms with Crippen LogP contribution in [-0.2, 0) is 0 Å². The summed E-state index contributed by atoms with van der Waals surface area (Å²) in [5.41, 5.74) is 0. The lowest BCUT2D eigenvalue weighted by Gasteiger charge is -2.14. The van der Waals surface area contributed by atoms with Crippen LogP contribution >= 0.6 is 11.6 Å². The highest BCUT2D eigenvalue weighted by Crippen LogP contribution is 2.35. The highest BCUT2D eigenvalue weighted by atomic mass is 35.5. The van der Waals surface area contributed by atoms with E-state index in [4.69, 9.17) is 21.1 Å². The molecule has 0 unspecified atom stereocenters. The summed E-state index contributed by atoms with van der Waals surface area (Å²) in [4.78, 5) is 0. The van der Waals surface area contributed by atoms with Crippen molar-refractivity contribution in [1.29, 1.82) is 0 Å². The zero-order valence-corrected chi connectivity index (χ0v) is 17.1. The zero-order chi connectivity index (χ0) is 18.2. The lowest BCUT2D eigenvalue weighted by Crippen LogP contribution is -2.03. The maximum atomic E-state index is 6.30. The molecule has 25 heavy (non-hydrogen) atoms. The van der Waals surface area contributed by atoms with Gasteiger partial charge in [0.25, 0.3) is 0 Å². The maximum absolute atomic E-state index is 6.30. The van der Waals surface area contributed by atoms with Gasteiger partial charge in [-0.25, -0.2) is 0 Å². The molecule has 1 rings (SSSR count). The second kappa shape index (κ2) is 15.4. The van der Waals surface area contributed by atoms with Gasteiger partial charge in [0, 0.05) is 0 Å². The van der Waals surface area contributed by atoms with Crippen molar-refractivity contribution in [3.8, 4) is 11.5 Å². The van der Waals surface area contributed by atoms with Gasteiger partial charge in [-0.2, -0.15) is 0 Å². The monoisotopic (exact) mass is 368 g/mol. The second-order valence-corrected chi connectivity index (χ2v) is 7.21. The molecular weight excluding hydrogens is 332 g/mol. The minimum absolute atomic E-state index is 0.645. The molecule has 1 aromatic rings. The van der Waals surface area contributed by atoms with E-state index in [1.165, 1.54) is 64.2 Å². The van der Waals surface area contributed by atoms with Crippen LogP contribution in [0.3, 0.4) is 0 Å². The van der Waals surface area contributed by atoms with Crippen molar-refractivity contribution in [2.75, 3.05) is 13.2 Å². The molecule has 0 saturated heterocycles. The van der Waals surface area contributed by atoms with Crippen molar-refractivity contribution in [3.05, 3.63) is 23.2 Å². The number of unbranched alkanes of at least 4 members (excludes halogenated alkanes) is 10. The summed E-state index contributed by atoms with van der Waals surface area (Å²) in [7, 11) is 0.